The van der Waals surface area contributed by atoms with E-state index in [1.807, 2.05) is 30.3 Å². The van der Waals surface area contributed by atoms with Crippen molar-refractivity contribution >= 4 is 12.2 Å². The molecule has 6 heteroatoms. The number of aryl methyl sites for hydroxylation is 1. The molecule has 0 fully saturated rings. The lowest BCUT2D eigenvalue weighted by Crippen LogP contribution is -2.13. The quantitative estimate of drug-likeness (QED) is 0.450. The van der Waals surface area contributed by atoms with Gasteiger partial charge in [0.05, 0.1) is 6.21 Å². The first-order chi connectivity index (χ1) is 7.77. The summed E-state index contributed by atoms with van der Waals surface area (Å²) in [7, 11) is 0. The zero-order valence-corrected chi connectivity index (χ0v) is 8.83. The first kappa shape index (κ1) is 10.2. The van der Waals surface area contributed by atoms with Crippen molar-refractivity contribution in [2.75, 3.05) is 11.3 Å². The summed E-state index contributed by atoms with van der Waals surface area (Å²) in [4.78, 5) is 0. The van der Waals surface area contributed by atoms with Crippen LogP contribution in [0.3, 0.4) is 0 Å². The van der Waals surface area contributed by atoms with Gasteiger partial charge in [-0.25, -0.2) is 10.1 Å². The van der Waals surface area contributed by atoms with E-state index in [4.69, 9.17) is 5.84 Å². The topological polar surface area (TPSA) is 81.1 Å². The van der Waals surface area contributed by atoms with Crippen LogP contribution in [0.4, 0.5) is 5.95 Å². The van der Waals surface area contributed by atoms with Gasteiger partial charge in [0.2, 0.25) is 0 Å². The van der Waals surface area contributed by atoms with Crippen LogP contribution in [-0.4, -0.2) is 21.1 Å². The highest BCUT2D eigenvalue weighted by Crippen LogP contribution is 2.01. The fourth-order valence-corrected chi connectivity index (χ4v) is 1.15. The number of nitrogens with two attached hydrogens (primary N) is 1. The highest BCUT2D eigenvalue weighted by Gasteiger charge is 2.02. The van der Waals surface area contributed by atoms with Crippen molar-refractivity contribution in [3.05, 3.63) is 41.7 Å². The second-order valence-corrected chi connectivity index (χ2v) is 3.22. The molecular weight excluding hydrogens is 204 g/mol. The van der Waals surface area contributed by atoms with E-state index in [2.05, 4.69) is 20.7 Å². The Hall–Kier alpha value is -2.37. The van der Waals surface area contributed by atoms with Crippen LogP contribution < -0.4 is 11.3 Å². The molecule has 6 nitrogen and oxygen atoms in total. The molecule has 0 spiro atoms. The normalized spacial score (nSPS) is 10.8. The minimum Gasteiger partial charge on any atom is -0.335 e. The molecule has 0 bridgehead atoms. The van der Waals surface area contributed by atoms with Crippen molar-refractivity contribution in [1.82, 2.24) is 14.9 Å². The number of hydrogen-bond donors (Lipinski definition) is 2. The Morgan fingerprint density at radius 2 is 2.06 bits per heavy atom. The Labute approximate surface area is 92.8 Å². The summed E-state index contributed by atoms with van der Waals surface area (Å²) < 4.78 is 1.34. The van der Waals surface area contributed by atoms with Crippen LogP contribution in [0.15, 0.2) is 35.4 Å². The first-order valence-corrected chi connectivity index (χ1v) is 4.78. The lowest BCUT2D eigenvalue weighted by Gasteiger charge is -1.98. The maximum Gasteiger partial charge on any atom is 0.263 e. The van der Waals surface area contributed by atoms with Gasteiger partial charge in [-0.3, -0.25) is 0 Å². The van der Waals surface area contributed by atoms with Gasteiger partial charge in [-0.05, 0) is 12.5 Å². The molecule has 0 atom stereocenters. The van der Waals surface area contributed by atoms with Gasteiger partial charge in [-0.1, -0.05) is 30.3 Å². The van der Waals surface area contributed by atoms with Crippen molar-refractivity contribution in [2.45, 2.75) is 6.92 Å². The molecule has 16 heavy (non-hydrogen) atoms. The van der Waals surface area contributed by atoms with Crippen LogP contribution in [0.5, 0.6) is 0 Å². The molecule has 0 saturated carbocycles. The third-order valence-electron chi connectivity index (χ3n) is 2.04. The van der Waals surface area contributed by atoms with Crippen LogP contribution in [0.1, 0.15) is 11.4 Å². The molecule has 1 aromatic heterocycles. The molecular formula is C10H12N6. The van der Waals surface area contributed by atoms with Gasteiger partial charge in [-0.15, -0.1) is 10.2 Å². The van der Waals surface area contributed by atoms with E-state index in [1.54, 1.807) is 13.1 Å². The first-order valence-electron chi connectivity index (χ1n) is 4.78. The minimum absolute atomic E-state index is 0.407. The lowest BCUT2D eigenvalue weighted by atomic mass is 10.2. The monoisotopic (exact) mass is 216 g/mol. The van der Waals surface area contributed by atoms with Gasteiger partial charge >= 0.3 is 0 Å². The number of aromatic nitrogens is 3. The molecule has 2 rings (SSSR count). The van der Waals surface area contributed by atoms with E-state index in [0.717, 1.165) is 5.56 Å². The van der Waals surface area contributed by atoms with E-state index in [0.29, 0.717) is 11.8 Å². The van der Waals surface area contributed by atoms with Gasteiger partial charge in [0.1, 0.15) is 0 Å². The Balaban J connectivity index is 2.03. The van der Waals surface area contributed by atoms with Gasteiger partial charge < -0.3 is 5.84 Å². The number of nitrogens with zero attached hydrogens (tertiary/aromatic N) is 4. The van der Waals surface area contributed by atoms with E-state index >= 15 is 0 Å². The number of anilines is 1. The largest absolute Gasteiger partial charge is 0.335 e. The molecule has 3 N–H and O–H groups in total. The summed E-state index contributed by atoms with van der Waals surface area (Å²) in [5, 5.41) is 11.6. The lowest BCUT2D eigenvalue weighted by molar-refractivity contribution is 0.926. The predicted octanol–water partition coefficient (Wildman–Crippen LogP) is 0.746. The smallest absolute Gasteiger partial charge is 0.263 e. The second kappa shape index (κ2) is 4.43. The summed E-state index contributed by atoms with van der Waals surface area (Å²) in [5.41, 5.74) is 3.71. The van der Waals surface area contributed by atoms with Crippen molar-refractivity contribution in [1.29, 1.82) is 0 Å². The van der Waals surface area contributed by atoms with Crippen LogP contribution in [0, 0.1) is 6.92 Å². The number of hydrogen-bond acceptors (Lipinski definition) is 5. The number of benzene rings is 1. The maximum absolute atomic E-state index is 5.64. The molecule has 1 aromatic carbocycles. The molecule has 0 aliphatic heterocycles. The van der Waals surface area contributed by atoms with Crippen molar-refractivity contribution < 1.29 is 0 Å². The zero-order chi connectivity index (χ0) is 11.4. The molecule has 0 aliphatic carbocycles. The molecule has 1 heterocycles. The minimum atomic E-state index is 0.407. The Bertz CT molecular complexity index is 487. The molecule has 0 saturated heterocycles. The molecule has 0 aliphatic rings. The summed E-state index contributed by atoms with van der Waals surface area (Å²) >= 11 is 0. The SMILES string of the molecule is Cc1nnc(NN=Cc2ccccc2)n1N. The van der Waals surface area contributed by atoms with Crippen molar-refractivity contribution in [3.63, 3.8) is 0 Å². The molecule has 82 valence electrons. The Morgan fingerprint density at radius 1 is 1.31 bits per heavy atom. The molecule has 2 aromatic rings. The van der Waals surface area contributed by atoms with Gasteiger partial charge in [0, 0.05) is 0 Å². The van der Waals surface area contributed by atoms with Gasteiger partial charge in [0.15, 0.2) is 5.82 Å². The van der Waals surface area contributed by atoms with Crippen LogP contribution >= 0.6 is 0 Å². The standard InChI is InChI=1S/C10H12N6/c1-8-13-15-10(16(8)11)14-12-7-9-5-3-2-4-6-9/h2-7H,11H2,1H3,(H,14,15). The van der Waals surface area contributed by atoms with Crippen LogP contribution in [0.25, 0.3) is 0 Å². The highest BCUT2D eigenvalue weighted by atomic mass is 15.5. The van der Waals surface area contributed by atoms with Crippen molar-refractivity contribution in [3.8, 4) is 0 Å². The summed E-state index contributed by atoms with van der Waals surface area (Å²) in [5.74, 6) is 6.67. The summed E-state index contributed by atoms with van der Waals surface area (Å²) in [6.45, 7) is 1.76. The number of nitrogens with one attached hydrogen (secondary N) is 1. The molecule has 0 radical (unpaired) electrons. The van der Waals surface area contributed by atoms with Crippen LogP contribution in [-0.2, 0) is 0 Å². The summed E-state index contributed by atoms with van der Waals surface area (Å²) in [6.07, 6.45) is 1.68. The van der Waals surface area contributed by atoms with Gasteiger partial charge in [0.25, 0.3) is 5.95 Å². The highest BCUT2D eigenvalue weighted by molar-refractivity contribution is 5.79. The van der Waals surface area contributed by atoms with E-state index in [9.17, 15) is 0 Å². The maximum atomic E-state index is 5.64. The number of hydrazone groups is 1. The fourth-order valence-electron chi connectivity index (χ4n) is 1.15. The average molecular weight is 216 g/mol. The zero-order valence-electron chi connectivity index (χ0n) is 8.83. The third-order valence-corrected chi connectivity index (χ3v) is 2.04. The number of nitrogen functional groups attached to an aromatic ring is 1. The predicted molar refractivity (Wildman–Crippen MR) is 62.6 cm³/mol. The van der Waals surface area contributed by atoms with E-state index < -0.39 is 0 Å². The van der Waals surface area contributed by atoms with Crippen LogP contribution in [0.2, 0.25) is 0 Å². The number of rotatable bonds is 3. The van der Waals surface area contributed by atoms with E-state index in [1.165, 1.54) is 4.68 Å². The second-order valence-electron chi connectivity index (χ2n) is 3.22. The van der Waals surface area contributed by atoms with E-state index in [-0.39, 0.29) is 0 Å². The van der Waals surface area contributed by atoms with Crippen molar-refractivity contribution in [2.24, 2.45) is 5.10 Å². The molecule has 0 unspecified atom stereocenters. The molecule has 0 amide bonds. The average Bonchev–Trinajstić information content (AvgIpc) is 2.62. The Kier molecular flexibility index (Phi) is 2.81. The Morgan fingerprint density at radius 3 is 2.69 bits per heavy atom. The van der Waals surface area contributed by atoms with Gasteiger partial charge in [-0.2, -0.15) is 5.10 Å². The summed E-state index contributed by atoms with van der Waals surface area (Å²) in [6, 6.07) is 9.73. The third kappa shape index (κ3) is 2.17. The fraction of sp³-hybridized carbons (Fsp3) is 0.100.